The highest BCUT2D eigenvalue weighted by atomic mass is 16.7. The van der Waals surface area contributed by atoms with Gasteiger partial charge in [-0.1, -0.05) is 24.3 Å². The van der Waals surface area contributed by atoms with Gasteiger partial charge in [0.15, 0.2) is 23.9 Å². The number of carbonyl (C=O) groups is 1. The topological polar surface area (TPSA) is 223 Å². The van der Waals surface area contributed by atoms with Crippen LogP contribution < -0.4 is 14.2 Å². The Morgan fingerprint density at radius 2 is 1.61 bits per heavy atom. The zero-order valence-corrected chi connectivity index (χ0v) is 26.5. The van der Waals surface area contributed by atoms with Crippen molar-refractivity contribution in [3.05, 3.63) is 77.4 Å². The summed E-state index contributed by atoms with van der Waals surface area (Å²) in [5, 5.41) is 71.8. The number of aliphatic hydroxyl groups excluding tert-OH is 4. The molecule has 2 aliphatic rings. The lowest BCUT2D eigenvalue weighted by Crippen LogP contribution is -2.61. The molecule has 0 aromatic heterocycles. The number of aliphatic hydroxyl groups is 5. The first-order valence-corrected chi connectivity index (χ1v) is 15.1. The molecule has 3 aromatic rings. The standard InChI is InChI=1S/C34H38O15/c1-43-22-11-19(4-3-18-5-8-21(36)9-6-18)12-23(14-22)47-32-29(49-31(41)20-7-10-24(37)25(13-20)44-2)28(39)27(38)26(48-32)15-45-33-30(40)34(42,16-35)17-46-33/h3-14,26-30,32-33,35-40,42H,15-17H2,1-2H3/b4-3+/t26-,27-,28+,29-,30+,32-,33-,34-/m1/s1. The van der Waals surface area contributed by atoms with Crippen LogP contribution in [-0.4, -0.2) is 124 Å². The monoisotopic (exact) mass is 686 g/mol. The van der Waals surface area contributed by atoms with Gasteiger partial charge < -0.3 is 68.9 Å². The summed E-state index contributed by atoms with van der Waals surface area (Å²) in [7, 11) is 2.75. The highest BCUT2D eigenvalue weighted by Crippen LogP contribution is 2.33. The number of esters is 1. The van der Waals surface area contributed by atoms with Gasteiger partial charge in [-0.15, -0.1) is 0 Å². The lowest BCUT2D eigenvalue weighted by molar-refractivity contribution is -0.288. The first-order chi connectivity index (χ1) is 23.4. The Hall–Kier alpha value is -4.45. The van der Waals surface area contributed by atoms with Gasteiger partial charge in [0.05, 0.1) is 39.6 Å². The minimum atomic E-state index is -1.96. The van der Waals surface area contributed by atoms with Gasteiger partial charge in [0.1, 0.15) is 47.3 Å². The molecule has 0 unspecified atom stereocenters. The molecule has 0 aliphatic carbocycles. The molecule has 7 N–H and O–H groups in total. The second-order valence-corrected chi connectivity index (χ2v) is 11.5. The summed E-state index contributed by atoms with van der Waals surface area (Å²) in [6.45, 7) is -1.70. The van der Waals surface area contributed by atoms with E-state index in [1.807, 2.05) is 0 Å². The molecule has 264 valence electrons. The lowest BCUT2D eigenvalue weighted by Gasteiger charge is -2.42. The van der Waals surface area contributed by atoms with Crippen LogP contribution in [0.4, 0.5) is 0 Å². The van der Waals surface area contributed by atoms with Crippen LogP contribution in [0.3, 0.4) is 0 Å². The van der Waals surface area contributed by atoms with Crippen molar-refractivity contribution in [3.8, 4) is 28.7 Å². The summed E-state index contributed by atoms with van der Waals surface area (Å²) in [6, 6.07) is 15.1. The zero-order chi connectivity index (χ0) is 35.3. The first kappa shape index (κ1) is 35.8. The Kier molecular flexibility index (Phi) is 11.3. The Balaban J connectivity index is 1.40. The number of aromatic hydroxyl groups is 2. The maximum absolute atomic E-state index is 13.2. The van der Waals surface area contributed by atoms with Crippen molar-refractivity contribution in [1.82, 2.24) is 0 Å². The van der Waals surface area contributed by atoms with E-state index in [-0.39, 0.29) is 28.6 Å². The van der Waals surface area contributed by atoms with E-state index in [0.717, 1.165) is 5.56 Å². The average molecular weight is 687 g/mol. The summed E-state index contributed by atoms with van der Waals surface area (Å²) in [6.07, 6.45) is -7.49. The van der Waals surface area contributed by atoms with Gasteiger partial charge in [0.25, 0.3) is 0 Å². The first-order valence-electron chi connectivity index (χ1n) is 15.1. The van der Waals surface area contributed by atoms with Gasteiger partial charge >= 0.3 is 5.97 Å². The molecule has 49 heavy (non-hydrogen) atoms. The summed E-state index contributed by atoms with van der Waals surface area (Å²) in [4.78, 5) is 13.2. The maximum Gasteiger partial charge on any atom is 0.338 e. The van der Waals surface area contributed by atoms with E-state index in [1.165, 1.54) is 38.5 Å². The Labute approximate surface area is 280 Å². The normalized spacial score (nSPS) is 28.3. The van der Waals surface area contributed by atoms with Gasteiger partial charge in [-0.25, -0.2) is 4.79 Å². The predicted molar refractivity (Wildman–Crippen MR) is 169 cm³/mol. The molecule has 0 bridgehead atoms. The van der Waals surface area contributed by atoms with Crippen molar-refractivity contribution in [1.29, 1.82) is 0 Å². The predicted octanol–water partition coefficient (Wildman–Crippen LogP) is 0.794. The summed E-state index contributed by atoms with van der Waals surface area (Å²) in [5.74, 6) is -0.526. The molecular weight excluding hydrogens is 648 g/mol. The van der Waals surface area contributed by atoms with Crippen molar-refractivity contribution < 1.29 is 73.7 Å². The number of benzene rings is 3. The van der Waals surface area contributed by atoms with E-state index in [2.05, 4.69) is 0 Å². The van der Waals surface area contributed by atoms with Crippen LogP contribution in [0.1, 0.15) is 21.5 Å². The van der Waals surface area contributed by atoms with Crippen LogP contribution in [0, 0.1) is 0 Å². The minimum absolute atomic E-state index is 0.00590. The number of hydrogen-bond donors (Lipinski definition) is 7. The number of phenols is 2. The average Bonchev–Trinajstić information content (AvgIpc) is 3.39. The maximum atomic E-state index is 13.2. The third-order valence-electron chi connectivity index (χ3n) is 8.06. The molecule has 15 heteroatoms. The Bertz CT molecular complexity index is 1610. The zero-order valence-electron chi connectivity index (χ0n) is 26.5. The molecule has 2 fully saturated rings. The number of rotatable bonds is 12. The van der Waals surface area contributed by atoms with E-state index in [1.54, 1.807) is 48.6 Å². The van der Waals surface area contributed by atoms with E-state index < -0.39 is 74.5 Å². The van der Waals surface area contributed by atoms with Crippen LogP contribution in [0.15, 0.2) is 60.7 Å². The molecule has 2 aliphatic heterocycles. The van der Waals surface area contributed by atoms with Crippen LogP contribution in [0.25, 0.3) is 12.2 Å². The quantitative estimate of drug-likeness (QED) is 0.103. The smallest absolute Gasteiger partial charge is 0.338 e. The van der Waals surface area contributed by atoms with Crippen molar-refractivity contribution in [2.24, 2.45) is 0 Å². The molecule has 2 saturated heterocycles. The number of ether oxygens (including phenoxy) is 7. The largest absolute Gasteiger partial charge is 0.508 e. The van der Waals surface area contributed by atoms with Crippen LogP contribution in [0.2, 0.25) is 0 Å². The molecule has 5 rings (SSSR count). The number of phenolic OH excluding ortho intramolecular Hbond substituents is 2. The molecule has 0 spiro atoms. The van der Waals surface area contributed by atoms with Crippen LogP contribution >= 0.6 is 0 Å². The summed E-state index contributed by atoms with van der Waals surface area (Å²) in [5.41, 5.74) is -0.594. The van der Waals surface area contributed by atoms with Gasteiger partial charge in [-0.3, -0.25) is 0 Å². The third-order valence-corrected chi connectivity index (χ3v) is 8.06. The van der Waals surface area contributed by atoms with Crippen molar-refractivity contribution in [2.75, 3.05) is 34.0 Å². The van der Waals surface area contributed by atoms with Crippen LogP contribution in [0.5, 0.6) is 28.7 Å². The molecule has 0 amide bonds. The lowest BCUT2D eigenvalue weighted by atomic mass is 9.98. The van der Waals surface area contributed by atoms with E-state index in [9.17, 15) is 40.5 Å². The second kappa shape index (κ2) is 15.4. The van der Waals surface area contributed by atoms with Gasteiger partial charge in [-0.2, -0.15) is 0 Å². The second-order valence-electron chi connectivity index (χ2n) is 11.5. The highest BCUT2D eigenvalue weighted by molar-refractivity contribution is 5.90. The fourth-order valence-electron chi connectivity index (χ4n) is 5.17. The van der Waals surface area contributed by atoms with Gasteiger partial charge in [-0.05, 0) is 53.6 Å². The van der Waals surface area contributed by atoms with E-state index in [0.29, 0.717) is 11.3 Å². The summed E-state index contributed by atoms with van der Waals surface area (Å²) < 4.78 is 39.0. The summed E-state index contributed by atoms with van der Waals surface area (Å²) >= 11 is 0. The van der Waals surface area contributed by atoms with Crippen molar-refractivity contribution in [2.45, 2.75) is 48.7 Å². The number of hydrogen-bond acceptors (Lipinski definition) is 15. The fourth-order valence-corrected chi connectivity index (χ4v) is 5.17. The Morgan fingerprint density at radius 1 is 0.898 bits per heavy atom. The minimum Gasteiger partial charge on any atom is -0.508 e. The molecule has 2 heterocycles. The highest BCUT2D eigenvalue weighted by Gasteiger charge is 2.51. The van der Waals surface area contributed by atoms with Crippen LogP contribution in [-0.2, 0) is 18.9 Å². The van der Waals surface area contributed by atoms with E-state index >= 15 is 0 Å². The van der Waals surface area contributed by atoms with Crippen molar-refractivity contribution >= 4 is 18.1 Å². The van der Waals surface area contributed by atoms with E-state index in [4.69, 9.17) is 33.2 Å². The molecular formula is C34H38O15. The molecule has 15 nitrogen and oxygen atoms in total. The number of methoxy groups -OCH3 is 2. The molecule has 0 saturated carbocycles. The molecule has 3 aromatic carbocycles. The molecule has 8 atom stereocenters. The van der Waals surface area contributed by atoms with Crippen molar-refractivity contribution in [3.63, 3.8) is 0 Å². The number of carbonyl (C=O) groups excluding carboxylic acids is 1. The SMILES string of the molecule is COc1cc(/C=C/c2ccc(O)cc2)cc(O[C@@H]2O[C@H](CO[C@@H]3OC[C@](O)(CO)[C@H]3O)[C@@H](O)[C@H](O)[C@H]2OC(=O)c2ccc(O)c(OC)c2)c1. The van der Waals surface area contributed by atoms with Gasteiger partial charge in [0.2, 0.25) is 6.29 Å². The molecule has 0 radical (unpaired) electrons. The Morgan fingerprint density at radius 3 is 2.29 bits per heavy atom. The van der Waals surface area contributed by atoms with Gasteiger partial charge in [0, 0.05) is 6.07 Å². The third kappa shape index (κ3) is 8.24. The fraction of sp³-hybridized carbons (Fsp3) is 0.382.